The van der Waals surface area contributed by atoms with Crippen molar-refractivity contribution in [2.75, 3.05) is 7.05 Å². The summed E-state index contributed by atoms with van der Waals surface area (Å²) < 4.78 is 18.3. The van der Waals surface area contributed by atoms with E-state index in [1.807, 2.05) is 19.2 Å². The van der Waals surface area contributed by atoms with Crippen molar-refractivity contribution in [3.8, 4) is 0 Å². The molecule has 1 aromatic heterocycles. The molecule has 16 heavy (non-hydrogen) atoms. The molecular weight excluding hydrogens is 229 g/mol. The van der Waals surface area contributed by atoms with Crippen molar-refractivity contribution in [1.29, 1.82) is 0 Å². The molecule has 0 amide bonds. The normalized spacial score (nSPS) is 12.7. The van der Waals surface area contributed by atoms with E-state index in [2.05, 4.69) is 5.32 Å². The molecule has 0 aliphatic carbocycles. The summed E-state index contributed by atoms with van der Waals surface area (Å²) in [6, 6.07) is 8.19. The van der Waals surface area contributed by atoms with Gasteiger partial charge >= 0.3 is 0 Å². The molecular formula is C12H11ClFNO. The quantitative estimate of drug-likeness (QED) is 0.888. The van der Waals surface area contributed by atoms with Crippen molar-refractivity contribution < 1.29 is 8.81 Å². The Balaban J connectivity index is 2.37. The third-order valence-corrected chi connectivity index (χ3v) is 2.68. The van der Waals surface area contributed by atoms with E-state index in [9.17, 15) is 4.39 Å². The summed E-state index contributed by atoms with van der Waals surface area (Å²) in [5.74, 6) is 0.352. The number of benzene rings is 1. The summed E-state index contributed by atoms with van der Waals surface area (Å²) in [7, 11) is 1.81. The second-order valence-electron chi connectivity index (χ2n) is 3.41. The van der Waals surface area contributed by atoms with Gasteiger partial charge in [0.2, 0.25) is 0 Å². The lowest BCUT2D eigenvalue weighted by Gasteiger charge is -2.14. The zero-order valence-corrected chi connectivity index (χ0v) is 9.46. The fraction of sp³-hybridized carbons (Fsp3) is 0.167. The first-order valence-electron chi connectivity index (χ1n) is 4.88. The summed E-state index contributed by atoms with van der Waals surface area (Å²) >= 11 is 5.74. The minimum atomic E-state index is -0.417. The lowest BCUT2D eigenvalue weighted by atomic mass is 10.0. The number of nitrogens with one attached hydrogen (secondary N) is 1. The highest BCUT2D eigenvalue weighted by Crippen LogP contribution is 2.25. The summed E-state index contributed by atoms with van der Waals surface area (Å²) in [6.45, 7) is 0. The fourth-order valence-corrected chi connectivity index (χ4v) is 1.81. The second-order valence-corrected chi connectivity index (χ2v) is 3.82. The van der Waals surface area contributed by atoms with Crippen molar-refractivity contribution in [1.82, 2.24) is 5.32 Å². The van der Waals surface area contributed by atoms with Gasteiger partial charge < -0.3 is 9.73 Å². The number of hydrogen-bond donors (Lipinski definition) is 1. The molecule has 2 rings (SSSR count). The van der Waals surface area contributed by atoms with Gasteiger partial charge in [0.1, 0.15) is 11.6 Å². The van der Waals surface area contributed by atoms with Crippen LogP contribution in [0.15, 0.2) is 41.0 Å². The third kappa shape index (κ3) is 2.10. The van der Waals surface area contributed by atoms with E-state index < -0.39 is 5.82 Å². The first-order chi connectivity index (χ1) is 7.72. The molecule has 0 radical (unpaired) electrons. The smallest absolute Gasteiger partial charge is 0.141 e. The number of hydrogen-bond acceptors (Lipinski definition) is 2. The zero-order valence-electron chi connectivity index (χ0n) is 8.71. The largest absolute Gasteiger partial charge is 0.467 e. The Labute approximate surface area is 98.0 Å². The molecule has 0 bridgehead atoms. The van der Waals surface area contributed by atoms with Crippen LogP contribution in [0.4, 0.5) is 4.39 Å². The number of rotatable bonds is 3. The average molecular weight is 240 g/mol. The Bertz CT molecular complexity index is 470. The number of furan rings is 1. The molecule has 1 heterocycles. The van der Waals surface area contributed by atoms with Crippen molar-refractivity contribution in [3.05, 3.63) is 58.8 Å². The predicted molar refractivity (Wildman–Crippen MR) is 61.0 cm³/mol. The molecule has 1 unspecified atom stereocenters. The lowest BCUT2D eigenvalue weighted by Crippen LogP contribution is -2.17. The maximum absolute atomic E-state index is 13.0. The van der Waals surface area contributed by atoms with Crippen LogP contribution >= 0.6 is 11.6 Å². The van der Waals surface area contributed by atoms with E-state index in [4.69, 9.17) is 16.0 Å². The molecule has 2 nitrogen and oxygen atoms in total. The summed E-state index contributed by atoms with van der Waals surface area (Å²) in [5.41, 5.74) is 0.865. The van der Waals surface area contributed by atoms with Crippen LogP contribution in [0, 0.1) is 5.82 Å². The van der Waals surface area contributed by atoms with Crippen molar-refractivity contribution >= 4 is 11.6 Å². The molecule has 0 saturated carbocycles. The monoisotopic (exact) mass is 239 g/mol. The highest BCUT2D eigenvalue weighted by molar-refractivity contribution is 6.30. The van der Waals surface area contributed by atoms with Gasteiger partial charge in [-0.3, -0.25) is 0 Å². The van der Waals surface area contributed by atoms with Crippen LogP contribution in [-0.4, -0.2) is 7.05 Å². The van der Waals surface area contributed by atoms with Gasteiger partial charge in [-0.25, -0.2) is 4.39 Å². The van der Waals surface area contributed by atoms with Crippen LogP contribution < -0.4 is 5.32 Å². The van der Waals surface area contributed by atoms with Crippen LogP contribution in [0.25, 0.3) is 0 Å². The van der Waals surface area contributed by atoms with Gasteiger partial charge in [0.25, 0.3) is 0 Å². The van der Waals surface area contributed by atoms with E-state index in [0.717, 1.165) is 11.3 Å². The minimum Gasteiger partial charge on any atom is -0.467 e. The van der Waals surface area contributed by atoms with Crippen LogP contribution in [0.2, 0.25) is 5.02 Å². The lowest BCUT2D eigenvalue weighted by molar-refractivity contribution is 0.463. The van der Waals surface area contributed by atoms with Gasteiger partial charge in [-0.1, -0.05) is 17.7 Å². The first kappa shape index (κ1) is 11.2. The van der Waals surface area contributed by atoms with Gasteiger partial charge in [-0.05, 0) is 36.9 Å². The Morgan fingerprint density at radius 1 is 1.38 bits per heavy atom. The molecule has 0 saturated heterocycles. The van der Waals surface area contributed by atoms with Gasteiger partial charge in [0.15, 0.2) is 0 Å². The Kier molecular flexibility index (Phi) is 3.27. The maximum atomic E-state index is 13.0. The average Bonchev–Trinajstić information content (AvgIpc) is 2.78. The van der Waals surface area contributed by atoms with Crippen LogP contribution in [0.5, 0.6) is 0 Å². The van der Waals surface area contributed by atoms with E-state index >= 15 is 0 Å². The maximum Gasteiger partial charge on any atom is 0.141 e. The van der Waals surface area contributed by atoms with Crippen LogP contribution in [0.3, 0.4) is 0 Å². The van der Waals surface area contributed by atoms with E-state index in [0.29, 0.717) is 0 Å². The van der Waals surface area contributed by atoms with Crippen molar-refractivity contribution in [3.63, 3.8) is 0 Å². The molecule has 1 atom stereocenters. The highest BCUT2D eigenvalue weighted by atomic mass is 35.5. The van der Waals surface area contributed by atoms with Crippen LogP contribution in [-0.2, 0) is 0 Å². The van der Waals surface area contributed by atoms with Gasteiger partial charge in [-0.2, -0.15) is 0 Å². The van der Waals surface area contributed by atoms with Gasteiger partial charge in [0.05, 0.1) is 17.3 Å². The van der Waals surface area contributed by atoms with E-state index in [1.165, 1.54) is 6.07 Å². The summed E-state index contributed by atoms with van der Waals surface area (Å²) in [6.07, 6.45) is 1.60. The molecule has 0 fully saturated rings. The van der Waals surface area contributed by atoms with Gasteiger partial charge in [-0.15, -0.1) is 0 Å². The zero-order chi connectivity index (χ0) is 11.5. The molecule has 1 N–H and O–H groups in total. The molecule has 0 aliphatic heterocycles. The van der Waals surface area contributed by atoms with Crippen LogP contribution in [0.1, 0.15) is 17.4 Å². The number of halogens is 2. The second kappa shape index (κ2) is 4.68. The Morgan fingerprint density at radius 3 is 2.75 bits per heavy atom. The van der Waals surface area contributed by atoms with Crippen molar-refractivity contribution in [2.45, 2.75) is 6.04 Å². The Morgan fingerprint density at radius 2 is 2.19 bits per heavy atom. The third-order valence-electron chi connectivity index (χ3n) is 2.39. The molecule has 2 aromatic rings. The molecule has 4 heteroatoms. The highest BCUT2D eigenvalue weighted by Gasteiger charge is 2.15. The van der Waals surface area contributed by atoms with E-state index in [1.54, 1.807) is 18.4 Å². The standard InChI is InChI=1S/C12H11ClFNO/c1-15-12(11-3-2-6-16-11)8-4-5-10(14)9(13)7-8/h2-7,12,15H,1H3. The fourth-order valence-electron chi connectivity index (χ4n) is 1.62. The molecule has 0 spiro atoms. The topological polar surface area (TPSA) is 25.2 Å². The SMILES string of the molecule is CNC(c1ccc(F)c(Cl)c1)c1ccco1. The Hall–Kier alpha value is -1.32. The summed E-state index contributed by atoms with van der Waals surface area (Å²) in [4.78, 5) is 0. The molecule has 84 valence electrons. The van der Waals surface area contributed by atoms with Crippen molar-refractivity contribution in [2.24, 2.45) is 0 Å². The van der Waals surface area contributed by atoms with E-state index in [-0.39, 0.29) is 11.1 Å². The van der Waals surface area contributed by atoms with Gasteiger partial charge in [0, 0.05) is 0 Å². The predicted octanol–water partition coefficient (Wildman–Crippen LogP) is 3.38. The molecule has 1 aromatic carbocycles. The minimum absolute atomic E-state index is 0.115. The summed E-state index contributed by atoms with van der Waals surface area (Å²) in [5, 5.41) is 3.21. The first-order valence-corrected chi connectivity index (χ1v) is 5.26. The molecule has 0 aliphatic rings.